The molecule has 6 nitrogen and oxygen atoms in total. The number of fused-ring (bicyclic) bond motifs is 2. The van der Waals surface area contributed by atoms with Crippen LogP contribution in [0.2, 0.25) is 0 Å². The van der Waals surface area contributed by atoms with Crippen molar-refractivity contribution in [1.29, 1.82) is 0 Å². The molecule has 128 valence electrons. The van der Waals surface area contributed by atoms with Gasteiger partial charge in [0.15, 0.2) is 5.82 Å². The summed E-state index contributed by atoms with van der Waals surface area (Å²) in [6.45, 7) is 0. The maximum atomic E-state index is 14.2. The Kier molecular flexibility index (Phi) is 3.23. The number of aromatic nitrogens is 4. The van der Waals surface area contributed by atoms with Gasteiger partial charge in [0.25, 0.3) is 0 Å². The number of benzene rings is 1. The van der Waals surface area contributed by atoms with Gasteiger partial charge in [0.1, 0.15) is 5.82 Å². The van der Waals surface area contributed by atoms with E-state index < -0.39 is 5.82 Å². The van der Waals surface area contributed by atoms with Crippen molar-refractivity contribution in [2.75, 3.05) is 5.32 Å². The smallest absolute Gasteiger partial charge is 0.228 e. The van der Waals surface area contributed by atoms with Gasteiger partial charge >= 0.3 is 0 Å². The van der Waals surface area contributed by atoms with Gasteiger partial charge in [0, 0.05) is 11.8 Å². The molecule has 3 atom stereocenters. The molecule has 1 aromatic carbocycles. The molecule has 2 aromatic rings. The molecule has 1 heterocycles. The number of hydrogen-bond acceptors (Lipinski definition) is 4. The van der Waals surface area contributed by atoms with Crippen molar-refractivity contribution in [1.82, 2.24) is 20.2 Å². The summed E-state index contributed by atoms with van der Waals surface area (Å²) >= 11 is 0. The van der Waals surface area contributed by atoms with Gasteiger partial charge in [-0.1, -0.05) is 12.2 Å². The lowest BCUT2D eigenvalue weighted by molar-refractivity contribution is -0.120. The number of tetrazole rings is 1. The monoisotopic (exact) mass is 339 g/mol. The third-order valence-corrected chi connectivity index (χ3v) is 5.50. The summed E-state index contributed by atoms with van der Waals surface area (Å²) in [5.41, 5.74) is 0.850. The normalized spacial score (nSPS) is 27.0. The fraction of sp³-hybridized carbons (Fsp3) is 0.444. The number of nitrogens with zero attached hydrogens (tertiary/aromatic N) is 4. The Bertz CT molecular complexity index is 872. The van der Waals surface area contributed by atoms with Crippen molar-refractivity contribution in [3.05, 3.63) is 42.0 Å². The Labute approximate surface area is 144 Å². The summed E-state index contributed by atoms with van der Waals surface area (Å²) in [6, 6.07) is 4.59. The lowest BCUT2D eigenvalue weighted by Gasteiger charge is -2.18. The molecule has 3 aliphatic rings. The van der Waals surface area contributed by atoms with Crippen LogP contribution in [0.5, 0.6) is 0 Å². The van der Waals surface area contributed by atoms with Crippen LogP contribution in [0.4, 0.5) is 10.1 Å². The minimum Gasteiger partial charge on any atom is -0.323 e. The average Bonchev–Trinajstić information content (AvgIpc) is 3.03. The first-order valence-electron chi connectivity index (χ1n) is 8.76. The minimum atomic E-state index is -0.447. The zero-order chi connectivity index (χ0) is 17.0. The van der Waals surface area contributed by atoms with Crippen molar-refractivity contribution >= 4 is 11.6 Å². The van der Waals surface area contributed by atoms with Crippen LogP contribution in [0.3, 0.4) is 0 Å². The second-order valence-electron chi connectivity index (χ2n) is 7.26. The summed E-state index contributed by atoms with van der Waals surface area (Å²) in [5, 5.41) is 14.6. The van der Waals surface area contributed by atoms with E-state index in [1.165, 1.54) is 6.07 Å². The summed E-state index contributed by atoms with van der Waals surface area (Å²) in [4.78, 5) is 12.6. The number of amides is 1. The minimum absolute atomic E-state index is 0.0619. The number of anilines is 1. The van der Waals surface area contributed by atoms with Crippen LogP contribution in [-0.2, 0) is 4.79 Å². The van der Waals surface area contributed by atoms with E-state index in [9.17, 15) is 9.18 Å². The Morgan fingerprint density at radius 2 is 2.12 bits per heavy atom. The molecule has 0 aliphatic heterocycles. The van der Waals surface area contributed by atoms with Crippen LogP contribution in [0, 0.1) is 23.6 Å². The van der Waals surface area contributed by atoms with Crippen LogP contribution in [0.15, 0.2) is 30.4 Å². The highest BCUT2D eigenvalue weighted by molar-refractivity contribution is 5.93. The zero-order valence-electron chi connectivity index (χ0n) is 13.6. The van der Waals surface area contributed by atoms with Crippen molar-refractivity contribution < 1.29 is 9.18 Å². The first kappa shape index (κ1) is 14.7. The van der Waals surface area contributed by atoms with Crippen molar-refractivity contribution in [3.8, 4) is 5.69 Å². The highest BCUT2D eigenvalue weighted by Gasteiger charge is 2.40. The highest BCUT2D eigenvalue weighted by atomic mass is 19.1. The quantitative estimate of drug-likeness (QED) is 0.870. The van der Waals surface area contributed by atoms with Crippen molar-refractivity contribution in [2.24, 2.45) is 17.8 Å². The molecule has 5 rings (SSSR count). The van der Waals surface area contributed by atoms with Crippen LogP contribution < -0.4 is 5.32 Å². The van der Waals surface area contributed by atoms with E-state index in [1.54, 1.807) is 16.8 Å². The van der Waals surface area contributed by atoms with Crippen LogP contribution in [0.25, 0.3) is 5.69 Å². The fourth-order valence-corrected chi connectivity index (χ4v) is 4.02. The first-order valence-corrected chi connectivity index (χ1v) is 8.76. The second kappa shape index (κ2) is 5.47. The van der Waals surface area contributed by atoms with Gasteiger partial charge < -0.3 is 5.32 Å². The third-order valence-electron chi connectivity index (χ3n) is 5.50. The second-order valence-corrected chi connectivity index (χ2v) is 7.26. The first-order chi connectivity index (χ1) is 12.2. The number of halogens is 1. The van der Waals surface area contributed by atoms with Gasteiger partial charge in [0.05, 0.1) is 11.4 Å². The third kappa shape index (κ3) is 2.54. The predicted molar refractivity (Wildman–Crippen MR) is 88.6 cm³/mol. The number of carbonyl (C=O) groups excluding carboxylic acids is 1. The van der Waals surface area contributed by atoms with Gasteiger partial charge in [-0.25, -0.2) is 4.39 Å². The molecule has 0 spiro atoms. The average molecular weight is 339 g/mol. The largest absolute Gasteiger partial charge is 0.323 e. The summed E-state index contributed by atoms with van der Waals surface area (Å²) in [7, 11) is 0. The van der Waals surface area contributed by atoms with E-state index in [-0.39, 0.29) is 23.4 Å². The van der Waals surface area contributed by atoms with Gasteiger partial charge in [-0.3, -0.25) is 4.79 Å². The maximum absolute atomic E-state index is 14.2. The number of rotatable bonds is 4. The van der Waals surface area contributed by atoms with Crippen LogP contribution in [-0.4, -0.2) is 26.1 Å². The molecule has 1 amide bonds. The van der Waals surface area contributed by atoms with Crippen LogP contribution in [0.1, 0.15) is 37.4 Å². The summed E-state index contributed by atoms with van der Waals surface area (Å²) in [6.07, 6.45) is 8.34. The van der Waals surface area contributed by atoms with E-state index >= 15 is 0 Å². The SMILES string of the molecule is O=C(Nc1cc(-n2nnnc2C2CC2)ccc1F)[C@H]1C[C@H]2C=C[C@H]1C2. The topological polar surface area (TPSA) is 72.7 Å². The van der Waals surface area contributed by atoms with Crippen molar-refractivity contribution in [2.45, 2.75) is 31.6 Å². The molecule has 0 radical (unpaired) electrons. The molecule has 2 bridgehead atoms. The molecular weight excluding hydrogens is 321 g/mol. The number of nitrogens with one attached hydrogen (secondary N) is 1. The molecule has 1 N–H and O–H groups in total. The molecule has 2 saturated carbocycles. The standard InChI is InChI=1S/C18H18FN5O/c19-15-6-5-13(24-17(11-3-4-11)21-22-23-24)9-16(15)20-18(25)14-8-10-1-2-12(14)7-10/h1-2,5-6,9-12,14H,3-4,7-8H2,(H,20,25)/t10-,12-,14-/m0/s1. The highest BCUT2D eigenvalue weighted by Crippen LogP contribution is 2.44. The number of carbonyl (C=O) groups is 1. The molecule has 2 fully saturated rings. The summed E-state index contributed by atoms with van der Waals surface area (Å²) < 4.78 is 15.9. The molecule has 1 aromatic heterocycles. The van der Waals surface area contributed by atoms with Gasteiger partial charge in [0.2, 0.25) is 5.91 Å². The lowest BCUT2D eigenvalue weighted by Crippen LogP contribution is -2.26. The molecular formula is C18H18FN5O. The Morgan fingerprint density at radius 3 is 2.84 bits per heavy atom. The van der Waals surface area contributed by atoms with E-state index in [0.717, 1.165) is 31.5 Å². The predicted octanol–water partition coefficient (Wildman–Crippen LogP) is 2.83. The van der Waals surface area contributed by atoms with Crippen molar-refractivity contribution in [3.63, 3.8) is 0 Å². The van der Waals surface area contributed by atoms with E-state index in [0.29, 0.717) is 17.5 Å². The Hall–Kier alpha value is -2.57. The van der Waals surface area contributed by atoms with E-state index in [2.05, 4.69) is 33.0 Å². The molecule has 0 unspecified atom stereocenters. The molecule has 3 aliphatic carbocycles. The number of hydrogen-bond donors (Lipinski definition) is 1. The fourth-order valence-electron chi connectivity index (χ4n) is 4.02. The lowest BCUT2D eigenvalue weighted by atomic mass is 9.93. The maximum Gasteiger partial charge on any atom is 0.228 e. The van der Waals surface area contributed by atoms with Gasteiger partial charge in [-0.05, 0) is 66.1 Å². The number of allylic oxidation sites excluding steroid dienone is 2. The van der Waals surface area contributed by atoms with E-state index in [4.69, 9.17) is 0 Å². The van der Waals surface area contributed by atoms with Gasteiger partial charge in [-0.15, -0.1) is 5.10 Å². The Morgan fingerprint density at radius 1 is 1.24 bits per heavy atom. The molecule has 0 saturated heterocycles. The van der Waals surface area contributed by atoms with Crippen LogP contribution >= 0.6 is 0 Å². The Balaban J connectivity index is 1.41. The van der Waals surface area contributed by atoms with E-state index in [1.807, 2.05) is 0 Å². The van der Waals surface area contributed by atoms with Gasteiger partial charge in [-0.2, -0.15) is 4.68 Å². The zero-order valence-corrected chi connectivity index (χ0v) is 13.6. The molecule has 7 heteroatoms. The molecule has 25 heavy (non-hydrogen) atoms. The summed E-state index contributed by atoms with van der Waals surface area (Å²) in [5.74, 6) is 1.34.